The number of halogens is 1. The number of hydrogen-bond donors (Lipinski definition) is 1. The van der Waals surface area contributed by atoms with E-state index < -0.39 is 0 Å². The van der Waals surface area contributed by atoms with Crippen LogP contribution in [0.3, 0.4) is 0 Å². The zero-order chi connectivity index (χ0) is 16.2. The standard InChI is InChI=1S/C19H20ClNO2/c1-23-17-5-3-2-4-15(17)12-21-19(22)18(13-6-7-13)14-8-10-16(20)11-9-14/h2-5,8-11,13,18H,6-7,12H2,1H3,(H,21,22). The molecular formula is C19H20ClNO2. The number of carbonyl (C=O) groups is 1. The molecule has 1 aliphatic carbocycles. The van der Waals surface area contributed by atoms with Gasteiger partial charge in [-0.05, 0) is 42.5 Å². The first-order chi connectivity index (χ1) is 11.2. The monoisotopic (exact) mass is 329 g/mol. The summed E-state index contributed by atoms with van der Waals surface area (Å²) in [6.07, 6.45) is 2.21. The zero-order valence-electron chi connectivity index (χ0n) is 13.1. The second-order valence-corrected chi connectivity index (χ2v) is 6.33. The van der Waals surface area contributed by atoms with Crippen molar-refractivity contribution in [3.8, 4) is 5.75 Å². The second kappa shape index (κ2) is 7.05. The Hall–Kier alpha value is -2.00. The topological polar surface area (TPSA) is 38.3 Å². The van der Waals surface area contributed by atoms with Crippen molar-refractivity contribution in [1.29, 1.82) is 0 Å². The van der Waals surface area contributed by atoms with Gasteiger partial charge in [0.15, 0.2) is 0 Å². The minimum atomic E-state index is -0.0954. The summed E-state index contributed by atoms with van der Waals surface area (Å²) in [6, 6.07) is 15.3. The average molecular weight is 330 g/mol. The van der Waals surface area contributed by atoms with Gasteiger partial charge in [-0.3, -0.25) is 4.79 Å². The van der Waals surface area contributed by atoms with Crippen LogP contribution in [0.4, 0.5) is 0 Å². The lowest BCUT2D eigenvalue weighted by Gasteiger charge is -2.17. The van der Waals surface area contributed by atoms with Crippen LogP contribution in [0.25, 0.3) is 0 Å². The first-order valence-corrected chi connectivity index (χ1v) is 8.22. The highest BCUT2D eigenvalue weighted by Crippen LogP contribution is 2.43. The van der Waals surface area contributed by atoms with Gasteiger partial charge in [0.1, 0.15) is 5.75 Å². The van der Waals surface area contributed by atoms with Gasteiger partial charge in [-0.15, -0.1) is 0 Å². The molecule has 2 aromatic carbocycles. The van der Waals surface area contributed by atoms with E-state index in [0.717, 1.165) is 29.7 Å². The maximum Gasteiger partial charge on any atom is 0.228 e. The fourth-order valence-electron chi connectivity index (χ4n) is 2.88. The van der Waals surface area contributed by atoms with Gasteiger partial charge in [0, 0.05) is 17.1 Å². The molecule has 0 saturated heterocycles. The van der Waals surface area contributed by atoms with Crippen molar-refractivity contribution in [2.24, 2.45) is 5.92 Å². The summed E-state index contributed by atoms with van der Waals surface area (Å²) in [5.41, 5.74) is 2.02. The first-order valence-electron chi connectivity index (χ1n) is 7.84. The molecular weight excluding hydrogens is 310 g/mol. The van der Waals surface area contributed by atoms with E-state index in [4.69, 9.17) is 16.3 Å². The fraction of sp³-hybridized carbons (Fsp3) is 0.316. The quantitative estimate of drug-likeness (QED) is 0.864. The van der Waals surface area contributed by atoms with Gasteiger partial charge >= 0.3 is 0 Å². The Kier molecular flexibility index (Phi) is 4.87. The van der Waals surface area contributed by atoms with E-state index in [-0.39, 0.29) is 11.8 Å². The molecule has 3 rings (SSSR count). The van der Waals surface area contributed by atoms with Crippen molar-refractivity contribution in [2.75, 3.05) is 7.11 Å². The number of carbonyl (C=O) groups excluding carboxylic acids is 1. The van der Waals surface area contributed by atoms with Crippen LogP contribution in [0.2, 0.25) is 5.02 Å². The van der Waals surface area contributed by atoms with E-state index in [1.54, 1.807) is 7.11 Å². The van der Waals surface area contributed by atoms with Gasteiger partial charge in [0.2, 0.25) is 5.91 Å². The van der Waals surface area contributed by atoms with Gasteiger partial charge in [-0.1, -0.05) is 41.9 Å². The Labute approximate surface area is 141 Å². The molecule has 1 fully saturated rings. The molecule has 1 atom stereocenters. The summed E-state index contributed by atoms with van der Waals surface area (Å²) in [5.74, 6) is 1.21. The van der Waals surface area contributed by atoms with Crippen LogP contribution < -0.4 is 10.1 Å². The Balaban J connectivity index is 1.71. The molecule has 120 valence electrons. The van der Waals surface area contributed by atoms with E-state index in [2.05, 4.69) is 5.32 Å². The molecule has 1 amide bonds. The van der Waals surface area contributed by atoms with Crippen molar-refractivity contribution < 1.29 is 9.53 Å². The Morgan fingerprint density at radius 2 is 1.91 bits per heavy atom. The summed E-state index contributed by atoms with van der Waals surface area (Å²) in [7, 11) is 1.64. The number of hydrogen-bond acceptors (Lipinski definition) is 2. The maximum atomic E-state index is 12.7. The van der Waals surface area contributed by atoms with Crippen LogP contribution >= 0.6 is 11.6 Å². The molecule has 1 saturated carbocycles. The third-order valence-corrected chi connectivity index (χ3v) is 4.50. The van der Waals surface area contributed by atoms with Crippen LogP contribution in [-0.4, -0.2) is 13.0 Å². The highest BCUT2D eigenvalue weighted by molar-refractivity contribution is 6.30. The molecule has 0 spiro atoms. The average Bonchev–Trinajstić information content (AvgIpc) is 3.40. The molecule has 1 aliphatic rings. The molecule has 0 heterocycles. The molecule has 23 heavy (non-hydrogen) atoms. The lowest BCUT2D eigenvalue weighted by molar-refractivity contribution is -0.123. The largest absolute Gasteiger partial charge is 0.496 e. The van der Waals surface area contributed by atoms with Gasteiger partial charge in [0.05, 0.1) is 13.0 Å². The third-order valence-electron chi connectivity index (χ3n) is 4.25. The number of methoxy groups -OCH3 is 1. The van der Waals surface area contributed by atoms with Gasteiger partial charge < -0.3 is 10.1 Å². The SMILES string of the molecule is COc1ccccc1CNC(=O)C(c1ccc(Cl)cc1)C1CC1. The van der Waals surface area contributed by atoms with Crippen LogP contribution in [0, 0.1) is 5.92 Å². The summed E-state index contributed by atoms with van der Waals surface area (Å²) < 4.78 is 5.33. The molecule has 3 nitrogen and oxygen atoms in total. The first kappa shape index (κ1) is 15.9. The van der Waals surface area contributed by atoms with E-state index in [9.17, 15) is 4.79 Å². The van der Waals surface area contributed by atoms with E-state index in [1.165, 1.54) is 0 Å². The normalized spacial score (nSPS) is 15.0. The van der Waals surface area contributed by atoms with E-state index in [1.807, 2.05) is 48.5 Å². The molecule has 0 aliphatic heterocycles. The summed E-state index contributed by atoms with van der Waals surface area (Å²) in [4.78, 5) is 12.7. The lowest BCUT2D eigenvalue weighted by atomic mass is 9.93. The Morgan fingerprint density at radius 1 is 1.22 bits per heavy atom. The molecule has 1 unspecified atom stereocenters. The number of para-hydroxylation sites is 1. The number of benzene rings is 2. The summed E-state index contributed by atoms with van der Waals surface area (Å²) in [5, 5.41) is 3.75. The fourth-order valence-corrected chi connectivity index (χ4v) is 3.00. The number of nitrogens with one attached hydrogen (secondary N) is 1. The van der Waals surface area contributed by atoms with Gasteiger partial charge in [-0.25, -0.2) is 0 Å². The zero-order valence-corrected chi connectivity index (χ0v) is 13.8. The van der Waals surface area contributed by atoms with Gasteiger partial charge in [0.25, 0.3) is 0 Å². The van der Waals surface area contributed by atoms with Crippen LogP contribution in [0.1, 0.15) is 29.9 Å². The predicted molar refractivity (Wildman–Crippen MR) is 91.8 cm³/mol. The Morgan fingerprint density at radius 3 is 2.57 bits per heavy atom. The lowest BCUT2D eigenvalue weighted by Crippen LogP contribution is -2.30. The van der Waals surface area contributed by atoms with Crippen molar-refractivity contribution in [3.63, 3.8) is 0 Å². The summed E-state index contributed by atoms with van der Waals surface area (Å²) in [6.45, 7) is 0.472. The second-order valence-electron chi connectivity index (χ2n) is 5.90. The molecule has 1 N–H and O–H groups in total. The molecule has 0 radical (unpaired) electrons. The van der Waals surface area contributed by atoms with Crippen molar-refractivity contribution in [2.45, 2.75) is 25.3 Å². The van der Waals surface area contributed by atoms with Gasteiger partial charge in [-0.2, -0.15) is 0 Å². The van der Waals surface area contributed by atoms with E-state index >= 15 is 0 Å². The van der Waals surface area contributed by atoms with Crippen LogP contribution in [0.15, 0.2) is 48.5 Å². The van der Waals surface area contributed by atoms with Crippen molar-refractivity contribution in [1.82, 2.24) is 5.32 Å². The highest BCUT2D eigenvalue weighted by Gasteiger charge is 2.37. The van der Waals surface area contributed by atoms with E-state index in [0.29, 0.717) is 17.5 Å². The molecule has 2 aromatic rings. The minimum Gasteiger partial charge on any atom is -0.496 e. The Bertz CT molecular complexity index is 680. The number of amides is 1. The smallest absolute Gasteiger partial charge is 0.228 e. The van der Waals surface area contributed by atoms with Crippen LogP contribution in [-0.2, 0) is 11.3 Å². The summed E-state index contributed by atoms with van der Waals surface area (Å²) >= 11 is 5.95. The number of ether oxygens (including phenoxy) is 1. The predicted octanol–water partition coefficient (Wildman–Crippen LogP) is 4.16. The highest BCUT2D eigenvalue weighted by atomic mass is 35.5. The third kappa shape index (κ3) is 3.85. The van der Waals surface area contributed by atoms with Crippen molar-refractivity contribution in [3.05, 3.63) is 64.7 Å². The molecule has 4 heteroatoms. The molecule has 0 bridgehead atoms. The molecule has 0 aromatic heterocycles. The maximum absolute atomic E-state index is 12.7. The van der Waals surface area contributed by atoms with Crippen LogP contribution in [0.5, 0.6) is 5.75 Å². The number of rotatable bonds is 6. The van der Waals surface area contributed by atoms with Crippen molar-refractivity contribution >= 4 is 17.5 Å². The minimum absolute atomic E-state index is 0.0701.